The van der Waals surface area contributed by atoms with Gasteiger partial charge < -0.3 is 0 Å². The van der Waals surface area contributed by atoms with Crippen molar-refractivity contribution in [2.75, 3.05) is 0 Å². The summed E-state index contributed by atoms with van der Waals surface area (Å²) in [6.07, 6.45) is 3.68. The van der Waals surface area contributed by atoms with Gasteiger partial charge in [0.15, 0.2) is 5.82 Å². The lowest BCUT2D eigenvalue weighted by molar-refractivity contribution is 0.660. The molecule has 0 radical (unpaired) electrons. The lowest BCUT2D eigenvalue weighted by Crippen LogP contribution is -2.14. The summed E-state index contributed by atoms with van der Waals surface area (Å²) in [6, 6.07) is 40.4. The first kappa shape index (κ1) is 23.2. The van der Waals surface area contributed by atoms with Crippen LogP contribution >= 0.6 is 0 Å². The highest BCUT2D eigenvalue weighted by molar-refractivity contribution is 5.84. The van der Waals surface area contributed by atoms with Crippen LogP contribution in [0.3, 0.4) is 0 Å². The van der Waals surface area contributed by atoms with Gasteiger partial charge in [0.2, 0.25) is 0 Å². The average Bonchev–Trinajstić information content (AvgIpc) is 3.24. The van der Waals surface area contributed by atoms with Gasteiger partial charge in [-0.3, -0.25) is 4.98 Å². The van der Waals surface area contributed by atoms with E-state index in [4.69, 9.17) is 9.97 Å². The minimum atomic E-state index is -0.0213. The molecular weight excluding hydrogens is 474 g/mol. The summed E-state index contributed by atoms with van der Waals surface area (Å²) in [5.74, 6) is 0.723. The van der Waals surface area contributed by atoms with Gasteiger partial charge in [-0.25, -0.2) is 9.97 Å². The standard InChI is InChI=1S/C36H27N3/c1-36(2)31-13-7-6-12-29(31)30-21-27(18-19-32(30)36)34-22-33(38-35(39-34)26-9-4-3-5-10-26)25-16-14-24(15-17-25)28-11-8-20-37-23-28/h3-23H,1-2H3. The van der Waals surface area contributed by atoms with Crippen LogP contribution in [0.1, 0.15) is 25.0 Å². The van der Waals surface area contributed by atoms with Crippen molar-refractivity contribution >= 4 is 0 Å². The maximum absolute atomic E-state index is 5.06. The van der Waals surface area contributed by atoms with E-state index in [1.165, 1.54) is 22.3 Å². The first-order valence-corrected chi connectivity index (χ1v) is 13.3. The quantitative estimate of drug-likeness (QED) is 0.242. The molecule has 0 amide bonds. The van der Waals surface area contributed by atoms with Crippen molar-refractivity contribution in [3.05, 3.63) is 139 Å². The largest absolute Gasteiger partial charge is 0.264 e. The van der Waals surface area contributed by atoms with Crippen LogP contribution in [0.15, 0.2) is 128 Å². The van der Waals surface area contributed by atoms with E-state index in [-0.39, 0.29) is 5.41 Å². The molecule has 39 heavy (non-hydrogen) atoms. The molecule has 0 aliphatic heterocycles. The Balaban J connectivity index is 1.36. The van der Waals surface area contributed by atoms with E-state index in [0.29, 0.717) is 0 Å². The molecule has 7 rings (SSSR count). The van der Waals surface area contributed by atoms with Crippen molar-refractivity contribution in [2.45, 2.75) is 19.3 Å². The Morgan fingerprint density at radius 2 is 1.13 bits per heavy atom. The molecule has 0 saturated carbocycles. The zero-order chi connectivity index (χ0) is 26.4. The zero-order valence-corrected chi connectivity index (χ0v) is 22.0. The van der Waals surface area contributed by atoms with Gasteiger partial charge in [-0.2, -0.15) is 0 Å². The first-order valence-electron chi connectivity index (χ1n) is 13.3. The maximum Gasteiger partial charge on any atom is 0.160 e. The first-order chi connectivity index (χ1) is 19.1. The SMILES string of the molecule is CC1(C)c2ccccc2-c2cc(-c3cc(-c4ccc(-c5cccnc5)cc4)nc(-c4ccccc4)n3)ccc21. The zero-order valence-electron chi connectivity index (χ0n) is 22.0. The number of fused-ring (bicyclic) bond motifs is 3. The van der Waals surface area contributed by atoms with Crippen LogP contribution in [-0.2, 0) is 5.41 Å². The predicted octanol–water partition coefficient (Wildman–Crippen LogP) is 8.85. The van der Waals surface area contributed by atoms with E-state index >= 15 is 0 Å². The Hall–Kier alpha value is -4.89. The molecule has 186 valence electrons. The number of rotatable bonds is 4. The van der Waals surface area contributed by atoms with E-state index in [9.17, 15) is 0 Å². The molecule has 0 atom stereocenters. The maximum atomic E-state index is 5.06. The summed E-state index contributed by atoms with van der Waals surface area (Å²) in [7, 11) is 0. The second kappa shape index (κ2) is 9.14. The van der Waals surface area contributed by atoms with Gasteiger partial charge >= 0.3 is 0 Å². The van der Waals surface area contributed by atoms with Crippen LogP contribution in [0.4, 0.5) is 0 Å². The molecule has 0 N–H and O–H groups in total. The van der Waals surface area contributed by atoms with E-state index in [1.54, 1.807) is 6.20 Å². The molecule has 0 bridgehead atoms. The van der Waals surface area contributed by atoms with E-state index in [2.05, 4.69) is 110 Å². The van der Waals surface area contributed by atoms with E-state index in [1.807, 2.05) is 30.5 Å². The molecule has 4 aromatic carbocycles. The highest BCUT2D eigenvalue weighted by Gasteiger charge is 2.35. The molecule has 2 heterocycles. The van der Waals surface area contributed by atoms with Crippen LogP contribution in [0.5, 0.6) is 0 Å². The van der Waals surface area contributed by atoms with Crippen molar-refractivity contribution in [3.8, 4) is 56.2 Å². The fourth-order valence-corrected chi connectivity index (χ4v) is 5.71. The summed E-state index contributed by atoms with van der Waals surface area (Å²) < 4.78 is 0. The molecule has 0 spiro atoms. The lowest BCUT2D eigenvalue weighted by Gasteiger charge is -2.21. The smallest absolute Gasteiger partial charge is 0.160 e. The van der Waals surface area contributed by atoms with Crippen molar-refractivity contribution < 1.29 is 0 Å². The molecule has 3 nitrogen and oxygen atoms in total. The third-order valence-corrected chi connectivity index (χ3v) is 7.81. The van der Waals surface area contributed by atoms with Crippen molar-refractivity contribution in [1.82, 2.24) is 15.0 Å². The topological polar surface area (TPSA) is 38.7 Å². The molecular formula is C36H27N3. The van der Waals surface area contributed by atoms with Gasteiger partial charge in [0.25, 0.3) is 0 Å². The third kappa shape index (κ3) is 4.04. The van der Waals surface area contributed by atoms with Crippen molar-refractivity contribution in [3.63, 3.8) is 0 Å². The monoisotopic (exact) mass is 501 g/mol. The fraction of sp³-hybridized carbons (Fsp3) is 0.0833. The van der Waals surface area contributed by atoms with Crippen molar-refractivity contribution in [1.29, 1.82) is 0 Å². The molecule has 0 fully saturated rings. The summed E-state index contributed by atoms with van der Waals surface area (Å²) in [5, 5.41) is 0. The van der Waals surface area contributed by atoms with Gasteiger partial charge in [0.05, 0.1) is 11.4 Å². The Morgan fingerprint density at radius 1 is 0.487 bits per heavy atom. The van der Waals surface area contributed by atoms with E-state index < -0.39 is 0 Å². The third-order valence-electron chi connectivity index (χ3n) is 7.81. The Labute approximate surface area is 228 Å². The highest BCUT2D eigenvalue weighted by Crippen LogP contribution is 2.49. The minimum absolute atomic E-state index is 0.0213. The molecule has 0 saturated heterocycles. The predicted molar refractivity (Wildman–Crippen MR) is 159 cm³/mol. The summed E-state index contributed by atoms with van der Waals surface area (Å²) in [5.41, 5.74) is 12.5. The summed E-state index contributed by atoms with van der Waals surface area (Å²) >= 11 is 0. The Kier molecular flexibility index (Phi) is 5.45. The Bertz CT molecular complexity index is 1810. The number of aromatic nitrogens is 3. The number of pyridine rings is 1. The van der Waals surface area contributed by atoms with Crippen LogP contribution in [0, 0.1) is 0 Å². The van der Waals surface area contributed by atoms with Gasteiger partial charge in [-0.1, -0.05) is 111 Å². The lowest BCUT2D eigenvalue weighted by atomic mass is 9.82. The molecule has 2 aromatic heterocycles. The van der Waals surface area contributed by atoms with Gasteiger partial charge in [0, 0.05) is 34.5 Å². The van der Waals surface area contributed by atoms with Gasteiger partial charge in [-0.05, 0) is 51.6 Å². The summed E-state index contributed by atoms with van der Waals surface area (Å²) in [6.45, 7) is 4.62. The number of benzene rings is 4. The van der Waals surface area contributed by atoms with Gasteiger partial charge in [-0.15, -0.1) is 0 Å². The second-order valence-electron chi connectivity index (χ2n) is 10.6. The Morgan fingerprint density at radius 3 is 1.90 bits per heavy atom. The molecule has 0 unspecified atom stereocenters. The van der Waals surface area contributed by atoms with Gasteiger partial charge in [0.1, 0.15) is 0 Å². The van der Waals surface area contributed by atoms with Crippen LogP contribution in [0.2, 0.25) is 0 Å². The molecule has 1 aliphatic rings. The molecule has 1 aliphatic carbocycles. The highest BCUT2D eigenvalue weighted by atomic mass is 14.9. The minimum Gasteiger partial charge on any atom is -0.264 e. The second-order valence-corrected chi connectivity index (χ2v) is 10.6. The van der Waals surface area contributed by atoms with Crippen LogP contribution in [0.25, 0.3) is 56.2 Å². The van der Waals surface area contributed by atoms with Crippen molar-refractivity contribution in [2.24, 2.45) is 0 Å². The summed E-state index contributed by atoms with van der Waals surface area (Å²) in [4.78, 5) is 14.3. The molecule has 3 heteroatoms. The number of nitrogens with zero attached hydrogens (tertiary/aromatic N) is 3. The normalized spacial score (nSPS) is 13.1. The molecule has 6 aromatic rings. The van der Waals surface area contributed by atoms with E-state index in [0.717, 1.165) is 45.0 Å². The number of hydrogen-bond donors (Lipinski definition) is 0. The average molecular weight is 502 g/mol. The van der Waals surface area contributed by atoms with Crippen LogP contribution < -0.4 is 0 Å². The fourth-order valence-electron chi connectivity index (χ4n) is 5.71. The number of hydrogen-bond acceptors (Lipinski definition) is 3. The van der Waals surface area contributed by atoms with Crippen LogP contribution in [-0.4, -0.2) is 15.0 Å².